The summed E-state index contributed by atoms with van der Waals surface area (Å²) in [6.07, 6.45) is 0. The third-order valence-corrected chi connectivity index (χ3v) is 10.4. The highest BCUT2D eigenvalue weighted by Gasteiger charge is 2.30. The van der Waals surface area contributed by atoms with Gasteiger partial charge in [-0.2, -0.15) is 8.61 Å². The van der Waals surface area contributed by atoms with E-state index in [0.29, 0.717) is 51.4 Å². The molecule has 2 saturated heterocycles. The van der Waals surface area contributed by atoms with E-state index in [1.807, 2.05) is 24.3 Å². The van der Waals surface area contributed by atoms with E-state index in [1.54, 1.807) is 46.5 Å². The largest absolute Gasteiger partial charge is 0.336 e. The molecule has 2 fully saturated rings. The molecule has 0 atom stereocenters. The minimum atomic E-state index is -3.55. The molecule has 35 heavy (non-hydrogen) atoms. The zero-order valence-corrected chi connectivity index (χ0v) is 21.5. The normalized spacial score (nSPS) is 19.1. The Morgan fingerprint density at radius 3 is 1.89 bits per heavy atom. The second kappa shape index (κ2) is 10.8. The number of hydrogen-bond donors (Lipinski definition) is 0. The third kappa shape index (κ3) is 5.92. The quantitative estimate of drug-likeness (QED) is 0.546. The van der Waals surface area contributed by atoms with Crippen LogP contribution in [-0.2, 0) is 26.6 Å². The zero-order valence-electron chi connectivity index (χ0n) is 19.9. The molecule has 2 aliphatic heterocycles. The van der Waals surface area contributed by atoms with Gasteiger partial charge in [-0.3, -0.25) is 9.69 Å². The molecule has 0 saturated carbocycles. The summed E-state index contributed by atoms with van der Waals surface area (Å²) in [6, 6.07) is 15.8. The lowest BCUT2D eigenvalue weighted by molar-refractivity contribution is 0.0698. The van der Waals surface area contributed by atoms with Crippen LogP contribution in [-0.4, -0.2) is 99.3 Å². The average Bonchev–Trinajstić information content (AvgIpc) is 2.89. The minimum absolute atomic E-state index is 0.105. The monoisotopic (exact) mass is 520 g/mol. The Kier molecular flexibility index (Phi) is 7.92. The second-order valence-corrected chi connectivity index (χ2v) is 13.0. The SMILES string of the molecule is CCS(=O)(=O)N1CCN(Cc2ccc(C(=O)N3CCN(S(=O)(=O)c4ccccc4)CC3)cc2)CC1. The van der Waals surface area contributed by atoms with Crippen molar-refractivity contribution in [2.75, 3.05) is 58.1 Å². The van der Waals surface area contributed by atoms with Crippen molar-refractivity contribution in [1.82, 2.24) is 18.4 Å². The Hall–Kier alpha value is -2.31. The van der Waals surface area contributed by atoms with Crippen LogP contribution in [0.15, 0.2) is 59.5 Å². The first-order chi connectivity index (χ1) is 16.7. The lowest BCUT2D eigenvalue weighted by atomic mass is 10.1. The van der Waals surface area contributed by atoms with Crippen LogP contribution in [0.3, 0.4) is 0 Å². The Morgan fingerprint density at radius 1 is 0.743 bits per heavy atom. The van der Waals surface area contributed by atoms with Crippen molar-refractivity contribution in [3.8, 4) is 0 Å². The van der Waals surface area contributed by atoms with Gasteiger partial charge in [-0.25, -0.2) is 16.8 Å². The van der Waals surface area contributed by atoms with Gasteiger partial charge in [-0.1, -0.05) is 30.3 Å². The number of amides is 1. The molecule has 2 aromatic carbocycles. The van der Waals surface area contributed by atoms with Gasteiger partial charge in [0.1, 0.15) is 0 Å². The number of benzene rings is 2. The fraction of sp³-hybridized carbons (Fsp3) is 0.458. The molecule has 2 aromatic rings. The van der Waals surface area contributed by atoms with Gasteiger partial charge in [-0.15, -0.1) is 0 Å². The Labute approximate surface area is 208 Å². The van der Waals surface area contributed by atoms with E-state index in [2.05, 4.69) is 4.90 Å². The van der Waals surface area contributed by atoms with E-state index in [4.69, 9.17) is 0 Å². The summed E-state index contributed by atoms with van der Waals surface area (Å²) in [5, 5.41) is 0. The van der Waals surface area contributed by atoms with Crippen molar-refractivity contribution in [3.05, 3.63) is 65.7 Å². The summed E-state index contributed by atoms with van der Waals surface area (Å²) in [5.74, 6) is 0.0205. The maximum absolute atomic E-state index is 13.0. The molecule has 0 radical (unpaired) electrons. The highest BCUT2D eigenvalue weighted by atomic mass is 32.2. The van der Waals surface area contributed by atoms with Crippen LogP contribution in [0.4, 0.5) is 0 Å². The fourth-order valence-corrected chi connectivity index (χ4v) is 6.94. The molecule has 1 amide bonds. The molecular formula is C24H32N4O5S2. The average molecular weight is 521 g/mol. The smallest absolute Gasteiger partial charge is 0.253 e. The summed E-state index contributed by atoms with van der Waals surface area (Å²) in [6.45, 7) is 5.93. The van der Waals surface area contributed by atoms with E-state index in [9.17, 15) is 21.6 Å². The highest BCUT2D eigenvalue weighted by molar-refractivity contribution is 7.89. The van der Waals surface area contributed by atoms with E-state index < -0.39 is 20.0 Å². The van der Waals surface area contributed by atoms with Crippen molar-refractivity contribution in [3.63, 3.8) is 0 Å². The van der Waals surface area contributed by atoms with E-state index >= 15 is 0 Å². The lowest BCUT2D eigenvalue weighted by Gasteiger charge is -2.34. The van der Waals surface area contributed by atoms with Gasteiger partial charge < -0.3 is 4.90 Å². The topological polar surface area (TPSA) is 98.3 Å². The molecule has 0 bridgehead atoms. The first kappa shape index (κ1) is 25.8. The van der Waals surface area contributed by atoms with Crippen LogP contribution in [0.2, 0.25) is 0 Å². The molecule has 0 unspecified atom stereocenters. The number of carbonyl (C=O) groups is 1. The number of sulfonamides is 2. The van der Waals surface area contributed by atoms with Crippen molar-refractivity contribution in [2.24, 2.45) is 0 Å². The number of rotatable bonds is 7. The first-order valence-electron chi connectivity index (χ1n) is 11.8. The molecule has 2 aliphatic rings. The van der Waals surface area contributed by atoms with Crippen LogP contribution in [0.25, 0.3) is 0 Å². The number of piperazine rings is 2. The summed E-state index contributed by atoms with van der Waals surface area (Å²) >= 11 is 0. The molecule has 0 N–H and O–H groups in total. The molecule has 0 spiro atoms. The van der Waals surface area contributed by atoms with Crippen molar-refractivity contribution in [1.29, 1.82) is 0 Å². The van der Waals surface area contributed by atoms with Gasteiger partial charge >= 0.3 is 0 Å². The predicted molar refractivity (Wildman–Crippen MR) is 134 cm³/mol. The van der Waals surface area contributed by atoms with Crippen LogP contribution >= 0.6 is 0 Å². The Morgan fingerprint density at radius 2 is 1.31 bits per heavy atom. The molecule has 11 heteroatoms. The van der Waals surface area contributed by atoms with E-state index in [-0.39, 0.29) is 29.6 Å². The van der Waals surface area contributed by atoms with Gasteiger partial charge in [0.2, 0.25) is 20.0 Å². The lowest BCUT2D eigenvalue weighted by Crippen LogP contribution is -2.50. The number of nitrogens with zero attached hydrogens (tertiary/aromatic N) is 4. The van der Waals surface area contributed by atoms with Crippen LogP contribution in [0, 0.1) is 0 Å². The van der Waals surface area contributed by atoms with Crippen molar-refractivity contribution < 1.29 is 21.6 Å². The van der Waals surface area contributed by atoms with Gasteiger partial charge in [0.15, 0.2) is 0 Å². The second-order valence-electron chi connectivity index (χ2n) is 8.78. The zero-order chi connectivity index (χ0) is 25.1. The summed E-state index contributed by atoms with van der Waals surface area (Å²) in [5.41, 5.74) is 1.64. The summed E-state index contributed by atoms with van der Waals surface area (Å²) in [7, 11) is -6.70. The molecule has 0 aromatic heterocycles. The number of hydrogen-bond acceptors (Lipinski definition) is 6. The van der Waals surface area contributed by atoms with Crippen LogP contribution in [0.1, 0.15) is 22.8 Å². The van der Waals surface area contributed by atoms with Crippen molar-refractivity contribution >= 4 is 26.0 Å². The molecule has 9 nitrogen and oxygen atoms in total. The summed E-state index contributed by atoms with van der Waals surface area (Å²) < 4.78 is 52.6. The van der Waals surface area contributed by atoms with Gasteiger partial charge in [0.05, 0.1) is 10.6 Å². The minimum Gasteiger partial charge on any atom is -0.336 e. The first-order valence-corrected chi connectivity index (χ1v) is 14.9. The molecule has 0 aliphatic carbocycles. The van der Waals surface area contributed by atoms with Gasteiger partial charge in [-0.05, 0) is 36.8 Å². The van der Waals surface area contributed by atoms with Crippen LogP contribution in [0.5, 0.6) is 0 Å². The molecular weight excluding hydrogens is 488 g/mol. The maximum Gasteiger partial charge on any atom is 0.253 e. The predicted octanol–water partition coefficient (Wildman–Crippen LogP) is 1.30. The van der Waals surface area contributed by atoms with Gasteiger partial charge in [0.25, 0.3) is 5.91 Å². The molecule has 4 rings (SSSR count). The number of carbonyl (C=O) groups excluding carboxylic acids is 1. The Balaban J connectivity index is 1.29. The van der Waals surface area contributed by atoms with E-state index in [0.717, 1.165) is 5.56 Å². The third-order valence-electron chi connectivity index (χ3n) is 6.60. The fourth-order valence-electron chi connectivity index (χ4n) is 4.41. The van der Waals surface area contributed by atoms with Crippen LogP contribution < -0.4 is 0 Å². The maximum atomic E-state index is 13.0. The Bertz CT molecular complexity index is 1220. The van der Waals surface area contributed by atoms with E-state index in [1.165, 1.54) is 4.31 Å². The molecule has 2 heterocycles. The standard InChI is InChI=1S/C24H32N4O5S2/c1-2-34(30,31)27-16-12-25(13-17-27)20-21-8-10-22(11-9-21)24(29)26-14-18-28(19-15-26)35(32,33)23-6-4-3-5-7-23/h3-11H,2,12-20H2,1H3. The highest BCUT2D eigenvalue weighted by Crippen LogP contribution is 2.19. The van der Waals surface area contributed by atoms with Crippen molar-refractivity contribution in [2.45, 2.75) is 18.4 Å². The van der Waals surface area contributed by atoms with Gasteiger partial charge in [0, 0.05) is 64.5 Å². The molecule has 190 valence electrons. The summed E-state index contributed by atoms with van der Waals surface area (Å²) in [4.78, 5) is 17.1.